The Morgan fingerprint density at radius 1 is 1.38 bits per heavy atom. The lowest BCUT2D eigenvalue weighted by molar-refractivity contribution is 0.215. The number of pyridine rings is 1. The molecule has 1 N–H and O–H groups in total. The van der Waals surface area contributed by atoms with Gasteiger partial charge in [0.1, 0.15) is 5.75 Å². The lowest BCUT2D eigenvalue weighted by Gasteiger charge is -2.36. The Balaban J connectivity index is 2.19. The van der Waals surface area contributed by atoms with Crippen molar-refractivity contribution in [2.24, 2.45) is 11.8 Å². The molecular formula is C18H30N2O. The maximum absolute atomic E-state index is 5.56. The van der Waals surface area contributed by atoms with Crippen molar-refractivity contribution in [2.45, 2.75) is 58.4 Å². The zero-order chi connectivity index (χ0) is 15.2. The summed E-state index contributed by atoms with van der Waals surface area (Å²) in [6.45, 7) is 7.82. The molecule has 1 heterocycles. The van der Waals surface area contributed by atoms with Crippen LogP contribution in [0.2, 0.25) is 0 Å². The molecule has 0 radical (unpaired) electrons. The van der Waals surface area contributed by atoms with E-state index in [4.69, 9.17) is 4.74 Å². The van der Waals surface area contributed by atoms with Gasteiger partial charge in [0.05, 0.1) is 12.8 Å². The summed E-state index contributed by atoms with van der Waals surface area (Å²) < 4.78 is 5.56. The smallest absolute Gasteiger partial charge is 0.140 e. The normalized spacial score (nSPS) is 26.0. The Morgan fingerprint density at radius 3 is 2.86 bits per heavy atom. The molecule has 0 saturated heterocycles. The number of rotatable bonds is 6. The van der Waals surface area contributed by atoms with Gasteiger partial charge in [0, 0.05) is 18.2 Å². The number of nitrogens with zero attached hydrogens (tertiary/aromatic N) is 1. The van der Waals surface area contributed by atoms with Crippen molar-refractivity contribution in [2.75, 3.05) is 13.7 Å². The first-order valence-electron chi connectivity index (χ1n) is 8.38. The minimum atomic E-state index is 0.520. The minimum absolute atomic E-state index is 0.520. The molecule has 1 aromatic rings. The van der Waals surface area contributed by atoms with Crippen LogP contribution < -0.4 is 10.1 Å². The first-order chi connectivity index (χ1) is 10.2. The maximum Gasteiger partial charge on any atom is 0.140 e. The van der Waals surface area contributed by atoms with Crippen molar-refractivity contribution in [3.05, 3.63) is 24.0 Å². The number of hydrogen-bond acceptors (Lipinski definition) is 3. The topological polar surface area (TPSA) is 34.2 Å². The van der Waals surface area contributed by atoms with Gasteiger partial charge < -0.3 is 10.1 Å². The summed E-state index contributed by atoms with van der Waals surface area (Å²) >= 11 is 0. The molecule has 2 rings (SSSR count). The fourth-order valence-electron chi connectivity index (χ4n) is 3.51. The molecule has 3 unspecified atom stereocenters. The monoisotopic (exact) mass is 290 g/mol. The van der Waals surface area contributed by atoms with E-state index in [1.54, 1.807) is 7.11 Å². The summed E-state index contributed by atoms with van der Waals surface area (Å²) in [5, 5.41) is 3.62. The first-order valence-corrected chi connectivity index (χ1v) is 8.38. The summed E-state index contributed by atoms with van der Waals surface area (Å²) in [7, 11) is 1.75. The van der Waals surface area contributed by atoms with Crippen molar-refractivity contribution in [1.29, 1.82) is 0 Å². The van der Waals surface area contributed by atoms with Crippen molar-refractivity contribution < 1.29 is 4.74 Å². The zero-order valence-corrected chi connectivity index (χ0v) is 13.9. The molecule has 1 fully saturated rings. The molecule has 1 aromatic heterocycles. The molecule has 1 aliphatic rings. The Kier molecular flexibility index (Phi) is 6.04. The van der Waals surface area contributed by atoms with E-state index in [1.807, 2.05) is 18.3 Å². The van der Waals surface area contributed by atoms with Crippen LogP contribution in [0.25, 0.3) is 0 Å². The molecule has 0 amide bonds. The van der Waals surface area contributed by atoms with Gasteiger partial charge in [-0.15, -0.1) is 0 Å². The molecular weight excluding hydrogens is 260 g/mol. The lowest BCUT2D eigenvalue weighted by Crippen LogP contribution is -2.35. The van der Waals surface area contributed by atoms with E-state index in [9.17, 15) is 0 Å². The Labute approximate surface area is 129 Å². The molecule has 1 aliphatic carbocycles. The van der Waals surface area contributed by atoms with Crippen LogP contribution in [0.5, 0.6) is 5.75 Å². The van der Waals surface area contributed by atoms with Gasteiger partial charge >= 0.3 is 0 Å². The van der Waals surface area contributed by atoms with Gasteiger partial charge in [-0.2, -0.15) is 0 Å². The van der Waals surface area contributed by atoms with Crippen LogP contribution in [0.4, 0.5) is 0 Å². The third-order valence-corrected chi connectivity index (χ3v) is 4.84. The van der Waals surface area contributed by atoms with Crippen molar-refractivity contribution in [1.82, 2.24) is 10.3 Å². The Bertz CT molecular complexity index is 433. The van der Waals surface area contributed by atoms with E-state index in [1.165, 1.54) is 25.7 Å². The fourth-order valence-corrected chi connectivity index (χ4v) is 3.51. The second-order valence-corrected chi connectivity index (χ2v) is 6.61. The summed E-state index contributed by atoms with van der Waals surface area (Å²) in [5.41, 5.74) is 1.16. The van der Waals surface area contributed by atoms with Crippen molar-refractivity contribution in [3.63, 3.8) is 0 Å². The predicted molar refractivity (Wildman–Crippen MR) is 87.8 cm³/mol. The number of methoxy groups -OCH3 is 1. The molecule has 21 heavy (non-hydrogen) atoms. The minimum Gasteiger partial charge on any atom is -0.495 e. The average molecular weight is 290 g/mol. The van der Waals surface area contributed by atoms with Crippen LogP contribution in [0.1, 0.15) is 58.1 Å². The van der Waals surface area contributed by atoms with E-state index in [2.05, 4.69) is 31.1 Å². The second-order valence-electron chi connectivity index (χ2n) is 6.61. The SMILES string of the molecule is CCC1CCC(CNC(C)C)C(c2ncccc2OC)C1. The van der Waals surface area contributed by atoms with Gasteiger partial charge in [0.2, 0.25) is 0 Å². The standard InChI is InChI=1S/C18H30N2O/c1-5-14-8-9-15(12-20-13(2)3)16(11-14)18-17(21-4)7-6-10-19-18/h6-7,10,13-16,20H,5,8-9,11-12H2,1-4H3. The second kappa shape index (κ2) is 7.79. The van der Waals surface area contributed by atoms with E-state index in [0.29, 0.717) is 17.9 Å². The van der Waals surface area contributed by atoms with E-state index < -0.39 is 0 Å². The van der Waals surface area contributed by atoms with Crippen LogP contribution in [0.15, 0.2) is 18.3 Å². The maximum atomic E-state index is 5.56. The predicted octanol–water partition coefficient (Wildman–Crippen LogP) is 4.00. The van der Waals surface area contributed by atoms with Gasteiger partial charge in [0.15, 0.2) is 0 Å². The summed E-state index contributed by atoms with van der Waals surface area (Å²) in [6.07, 6.45) is 7.07. The molecule has 0 aromatic carbocycles. The summed E-state index contributed by atoms with van der Waals surface area (Å²) in [6, 6.07) is 4.55. The van der Waals surface area contributed by atoms with Crippen molar-refractivity contribution in [3.8, 4) is 5.75 Å². The van der Waals surface area contributed by atoms with E-state index in [0.717, 1.165) is 23.9 Å². The van der Waals surface area contributed by atoms with E-state index >= 15 is 0 Å². The van der Waals surface area contributed by atoms with Crippen LogP contribution in [-0.4, -0.2) is 24.7 Å². The Morgan fingerprint density at radius 2 is 2.19 bits per heavy atom. The highest BCUT2D eigenvalue weighted by Gasteiger charge is 2.33. The largest absolute Gasteiger partial charge is 0.495 e. The number of ether oxygens (including phenoxy) is 1. The number of nitrogens with one attached hydrogen (secondary N) is 1. The molecule has 1 saturated carbocycles. The molecule has 3 nitrogen and oxygen atoms in total. The lowest BCUT2D eigenvalue weighted by atomic mass is 9.71. The fraction of sp³-hybridized carbons (Fsp3) is 0.722. The molecule has 118 valence electrons. The van der Waals surface area contributed by atoms with Crippen LogP contribution in [0.3, 0.4) is 0 Å². The first kappa shape index (κ1) is 16.3. The van der Waals surface area contributed by atoms with Crippen LogP contribution in [-0.2, 0) is 0 Å². The van der Waals surface area contributed by atoms with Gasteiger partial charge in [-0.05, 0) is 43.4 Å². The summed E-state index contributed by atoms with van der Waals surface area (Å²) in [5.74, 6) is 2.97. The molecule has 0 bridgehead atoms. The van der Waals surface area contributed by atoms with Gasteiger partial charge in [-0.25, -0.2) is 0 Å². The van der Waals surface area contributed by atoms with Gasteiger partial charge in [-0.3, -0.25) is 4.98 Å². The molecule has 0 spiro atoms. The molecule has 0 aliphatic heterocycles. The van der Waals surface area contributed by atoms with Gasteiger partial charge in [0.25, 0.3) is 0 Å². The number of aromatic nitrogens is 1. The van der Waals surface area contributed by atoms with Crippen LogP contribution >= 0.6 is 0 Å². The third kappa shape index (κ3) is 4.19. The van der Waals surface area contributed by atoms with Crippen molar-refractivity contribution >= 4 is 0 Å². The Hall–Kier alpha value is -1.09. The highest BCUT2D eigenvalue weighted by molar-refractivity contribution is 5.31. The third-order valence-electron chi connectivity index (χ3n) is 4.84. The zero-order valence-electron chi connectivity index (χ0n) is 13.9. The average Bonchev–Trinajstić information content (AvgIpc) is 2.52. The molecule has 3 heteroatoms. The van der Waals surface area contributed by atoms with E-state index in [-0.39, 0.29) is 0 Å². The highest BCUT2D eigenvalue weighted by Crippen LogP contribution is 2.43. The summed E-state index contributed by atoms with van der Waals surface area (Å²) in [4.78, 5) is 4.67. The quantitative estimate of drug-likeness (QED) is 0.860. The van der Waals surface area contributed by atoms with Gasteiger partial charge in [-0.1, -0.05) is 33.6 Å². The number of hydrogen-bond donors (Lipinski definition) is 1. The molecule has 3 atom stereocenters. The van der Waals surface area contributed by atoms with Crippen LogP contribution in [0, 0.1) is 11.8 Å². The highest BCUT2D eigenvalue weighted by atomic mass is 16.5.